The molecule has 2 nitrogen and oxygen atoms in total. The van der Waals surface area contributed by atoms with Crippen LogP contribution in [-0.4, -0.2) is 5.91 Å². The van der Waals surface area contributed by atoms with Gasteiger partial charge in [0.1, 0.15) is 5.82 Å². The van der Waals surface area contributed by atoms with Gasteiger partial charge < -0.3 is 5.32 Å². The molecule has 1 N–H and O–H groups in total. The van der Waals surface area contributed by atoms with Crippen molar-refractivity contribution in [2.24, 2.45) is 0 Å². The zero-order valence-corrected chi connectivity index (χ0v) is 14.2. The highest BCUT2D eigenvalue weighted by Crippen LogP contribution is 2.29. The number of halogens is 2. The first-order valence-corrected chi connectivity index (χ1v) is 8.28. The lowest BCUT2D eigenvalue weighted by Crippen LogP contribution is -2.15. The van der Waals surface area contributed by atoms with E-state index >= 15 is 0 Å². The Morgan fingerprint density at radius 1 is 1.09 bits per heavy atom. The standard InChI is InChI=1S/C19H21ClFNO/c1-3-13-9-11-16(20)15(4-2)19(13)22-18(23)12-10-14-7-5-6-8-17(14)21/h5-9,11H,3-4,10,12H2,1-2H3,(H,22,23). The van der Waals surface area contributed by atoms with Crippen molar-refractivity contribution in [3.63, 3.8) is 0 Å². The van der Waals surface area contributed by atoms with E-state index in [4.69, 9.17) is 11.6 Å². The number of aryl methyl sites for hydroxylation is 2. The van der Waals surface area contributed by atoms with Gasteiger partial charge in [0.05, 0.1) is 0 Å². The minimum atomic E-state index is -0.272. The molecule has 0 bridgehead atoms. The maximum atomic E-state index is 13.6. The predicted molar refractivity (Wildman–Crippen MR) is 93.6 cm³/mol. The van der Waals surface area contributed by atoms with Crippen LogP contribution in [0.2, 0.25) is 5.02 Å². The molecule has 2 aromatic carbocycles. The second-order valence-electron chi connectivity index (χ2n) is 5.41. The molecule has 0 unspecified atom stereocenters. The summed E-state index contributed by atoms with van der Waals surface area (Å²) in [6.07, 6.45) is 2.17. The summed E-state index contributed by atoms with van der Waals surface area (Å²) in [4.78, 5) is 12.3. The van der Waals surface area contributed by atoms with Gasteiger partial charge in [0.25, 0.3) is 0 Å². The molecule has 2 rings (SSSR count). The number of nitrogens with one attached hydrogen (secondary N) is 1. The summed E-state index contributed by atoms with van der Waals surface area (Å²) in [7, 11) is 0. The van der Waals surface area contributed by atoms with Gasteiger partial charge in [0, 0.05) is 17.1 Å². The topological polar surface area (TPSA) is 29.1 Å². The van der Waals surface area contributed by atoms with Gasteiger partial charge in [-0.2, -0.15) is 0 Å². The lowest BCUT2D eigenvalue weighted by Gasteiger charge is -2.16. The zero-order valence-electron chi connectivity index (χ0n) is 13.5. The number of carbonyl (C=O) groups excluding carboxylic acids is 1. The van der Waals surface area contributed by atoms with Gasteiger partial charge in [-0.3, -0.25) is 4.79 Å². The first kappa shape index (κ1) is 17.5. The summed E-state index contributed by atoms with van der Waals surface area (Å²) < 4.78 is 13.6. The molecule has 4 heteroatoms. The molecule has 23 heavy (non-hydrogen) atoms. The number of hydrogen-bond acceptors (Lipinski definition) is 1. The largest absolute Gasteiger partial charge is 0.326 e. The van der Waals surface area contributed by atoms with Crippen molar-refractivity contribution in [1.82, 2.24) is 0 Å². The second kappa shape index (κ2) is 8.11. The van der Waals surface area contributed by atoms with Crippen molar-refractivity contribution in [2.45, 2.75) is 39.5 Å². The molecule has 0 saturated heterocycles. The van der Waals surface area contributed by atoms with Crippen molar-refractivity contribution >= 4 is 23.2 Å². The maximum Gasteiger partial charge on any atom is 0.224 e. The smallest absolute Gasteiger partial charge is 0.224 e. The van der Waals surface area contributed by atoms with Crippen molar-refractivity contribution in [3.8, 4) is 0 Å². The minimum absolute atomic E-state index is 0.125. The molecule has 0 aliphatic carbocycles. The predicted octanol–water partition coefficient (Wildman–Crippen LogP) is 5.18. The molecule has 0 atom stereocenters. The molecular formula is C19H21ClFNO. The van der Waals surface area contributed by atoms with Crippen LogP contribution in [0, 0.1) is 5.82 Å². The third kappa shape index (κ3) is 4.32. The van der Waals surface area contributed by atoms with Gasteiger partial charge in [-0.25, -0.2) is 4.39 Å². The van der Waals surface area contributed by atoms with Crippen LogP contribution >= 0.6 is 11.6 Å². The average molecular weight is 334 g/mol. The Hall–Kier alpha value is -1.87. The van der Waals surface area contributed by atoms with Crippen LogP contribution in [-0.2, 0) is 24.1 Å². The zero-order chi connectivity index (χ0) is 16.8. The number of amides is 1. The summed E-state index contributed by atoms with van der Waals surface area (Å²) in [6.45, 7) is 4.05. The summed E-state index contributed by atoms with van der Waals surface area (Å²) in [5.74, 6) is -0.397. The third-order valence-electron chi connectivity index (χ3n) is 3.92. The summed E-state index contributed by atoms with van der Waals surface area (Å²) in [5.41, 5.74) is 3.37. The van der Waals surface area contributed by atoms with E-state index in [1.807, 2.05) is 26.0 Å². The third-order valence-corrected chi connectivity index (χ3v) is 4.27. The van der Waals surface area contributed by atoms with E-state index in [2.05, 4.69) is 5.32 Å². The van der Waals surface area contributed by atoms with E-state index in [1.54, 1.807) is 18.2 Å². The van der Waals surface area contributed by atoms with Crippen LogP contribution in [0.4, 0.5) is 10.1 Å². The summed E-state index contributed by atoms with van der Waals surface area (Å²) in [6, 6.07) is 10.3. The van der Waals surface area contributed by atoms with Crippen LogP contribution in [0.5, 0.6) is 0 Å². The van der Waals surface area contributed by atoms with Crippen LogP contribution in [0.25, 0.3) is 0 Å². The Morgan fingerprint density at radius 3 is 2.48 bits per heavy atom. The van der Waals surface area contributed by atoms with Gasteiger partial charge in [0.2, 0.25) is 5.91 Å². The van der Waals surface area contributed by atoms with Crippen molar-refractivity contribution in [2.75, 3.05) is 5.32 Å². The number of anilines is 1. The first-order valence-electron chi connectivity index (χ1n) is 7.90. The van der Waals surface area contributed by atoms with Crippen LogP contribution in [0.3, 0.4) is 0 Å². The Balaban J connectivity index is 2.11. The Bertz CT molecular complexity index is 700. The highest BCUT2D eigenvalue weighted by molar-refractivity contribution is 6.32. The van der Waals surface area contributed by atoms with Crippen LogP contribution in [0.1, 0.15) is 37.0 Å². The molecular weight excluding hydrogens is 313 g/mol. The molecule has 122 valence electrons. The van der Waals surface area contributed by atoms with E-state index in [9.17, 15) is 9.18 Å². The number of carbonyl (C=O) groups is 1. The van der Waals surface area contributed by atoms with E-state index in [0.717, 1.165) is 29.7 Å². The Morgan fingerprint density at radius 2 is 1.83 bits per heavy atom. The molecule has 0 heterocycles. The molecule has 0 radical (unpaired) electrons. The number of benzene rings is 2. The lowest BCUT2D eigenvalue weighted by molar-refractivity contribution is -0.116. The summed E-state index contributed by atoms with van der Waals surface area (Å²) in [5, 5.41) is 3.63. The SMILES string of the molecule is CCc1ccc(Cl)c(CC)c1NC(=O)CCc1ccccc1F. The van der Waals surface area contributed by atoms with Gasteiger partial charge in [-0.15, -0.1) is 0 Å². The van der Waals surface area contributed by atoms with Crippen molar-refractivity contribution in [1.29, 1.82) is 0 Å². The first-order chi connectivity index (χ1) is 11.1. The number of hydrogen-bond donors (Lipinski definition) is 1. The fourth-order valence-electron chi connectivity index (χ4n) is 2.62. The fraction of sp³-hybridized carbons (Fsp3) is 0.316. The quantitative estimate of drug-likeness (QED) is 0.775. The number of rotatable bonds is 6. The molecule has 0 spiro atoms. The average Bonchev–Trinajstić information content (AvgIpc) is 2.54. The molecule has 1 amide bonds. The van der Waals surface area contributed by atoms with Crippen molar-refractivity contribution < 1.29 is 9.18 Å². The van der Waals surface area contributed by atoms with Crippen LogP contribution in [0.15, 0.2) is 36.4 Å². The summed E-state index contributed by atoms with van der Waals surface area (Å²) >= 11 is 6.23. The molecule has 0 fully saturated rings. The molecule has 0 aliphatic rings. The molecule has 0 saturated carbocycles. The fourth-order valence-corrected chi connectivity index (χ4v) is 2.91. The Labute approximate surface area is 141 Å². The highest BCUT2D eigenvalue weighted by atomic mass is 35.5. The van der Waals surface area contributed by atoms with Crippen molar-refractivity contribution in [3.05, 3.63) is 63.9 Å². The monoisotopic (exact) mass is 333 g/mol. The molecule has 0 aromatic heterocycles. The van der Waals surface area contributed by atoms with Gasteiger partial charge in [-0.05, 0) is 48.1 Å². The van der Waals surface area contributed by atoms with Gasteiger partial charge >= 0.3 is 0 Å². The molecule has 0 aliphatic heterocycles. The van der Waals surface area contributed by atoms with E-state index < -0.39 is 0 Å². The van der Waals surface area contributed by atoms with E-state index in [-0.39, 0.29) is 18.1 Å². The maximum absolute atomic E-state index is 13.6. The second-order valence-corrected chi connectivity index (χ2v) is 5.81. The molecule has 2 aromatic rings. The lowest BCUT2D eigenvalue weighted by atomic mass is 10.0. The highest BCUT2D eigenvalue weighted by Gasteiger charge is 2.13. The van der Waals surface area contributed by atoms with Gasteiger partial charge in [0.15, 0.2) is 0 Å². The Kier molecular flexibility index (Phi) is 6.17. The van der Waals surface area contributed by atoms with Gasteiger partial charge in [-0.1, -0.05) is 49.7 Å². The minimum Gasteiger partial charge on any atom is -0.326 e. The normalized spacial score (nSPS) is 10.6. The van der Waals surface area contributed by atoms with Crippen LogP contribution < -0.4 is 5.32 Å². The van der Waals surface area contributed by atoms with E-state index in [0.29, 0.717) is 17.0 Å². The van der Waals surface area contributed by atoms with E-state index in [1.165, 1.54) is 6.07 Å².